The Morgan fingerprint density at radius 3 is 2.71 bits per heavy atom. The number of para-hydroxylation sites is 1. The SMILES string of the molecule is O=C(N[C@@H]1CCC[C@H](C(F)(F)F)C1)c1cc(=O)[nH]c2ccccc12. The maximum absolute atomic E-state index is 12.9. The van der Waals surface area contributed by atoms with Crippen LogP contribution in [0.15, 0.2) is 35.1 Å². The summed E-state index contributed by atoms with van der Waals surface area (Å²) in [6.07, 6.45) is -3.31. The van der Waals surface area contributed by atoms with Crippen LogP contribution in [-0.4, -0.2) is 23.1 Å². The second kappa shape index (κ2) is 6.30. The van der Waals surface area contributed by atoms with Gasteiger partial charge in [-0.3, -0.25) is 9.59 Å². The number of H-pyrrole nitrogens is 1. The van der Waals surface area contributed by atoms with Gasteiger partial charge in [-0.15, -0.1) is 0 Å². The van der Waals surface area contributed by atoms with Gasteiger partial charge >= 0.3 is 6.18 Å². The Balaban J connectivity index is 1.82. The Morgan fingerprint density at radius 2 is 1.96 bits per heavy atom. The third-order valence-electron chi connectivity index (χ3n) is 4.47. The van der Waals surface area contributed by atoms with Crippen molar-refractivity contribution in [2.75, 3.05) is 0 Å². The topological polar surface area (TPSA) is 62.0 Å². The van der Waals surface area contributed by atoms with E-state index in [2.05, 4.69) is 10.3 Å². The van der Waals surface area contributed by atoms with Gasteiger partial charge in [-0.2, -0.15) is 13.2 Å². The molecule has 2 N–H and O–H groups in total. The van der Waals surface area contributed by atoms with E-state index in [-0.39, 0.29) is 18.4 Å². The van der Waals surface area contributed by atoms with Crippen LogP contribution in [0.3, 0.4) is 0 Å². The van der Waals surface area contributed by atoms with Crippen LogP contribution in [-0.2, 0) is 0 Å². The molecule has 1 aliphatic carbocycles. The van der Waals surface area contributed by atoms with Crippen LogP contribution in [0, 0.1) is 5.92 Å². The minimum absolute atomic E-state index is 0.101. The van der Waals surface area contributed by atoms with Gasteiger partial charge in [-0.05, 0) is 25.3 Å². The second-order valence-electron chi connectivity index (χ2n) is 6.17. The Labute approximate surface area is 136 Å². The lowest BCUT2D eigenvalue weighted by atomic mass is 9.85. The summed E-state index contributed by atoms with van der Waals surface area (Å²) in [6.45, 7) is 0. The number of amides is 1. The van der Waals surface area contributed by atoms with Crippen LogP contribution in [0.5, 0.6) is 0 Å². The summed E-state index contributed by atoms with van der Waals surface area (Å²) in [4.78, 5) is 26.8. The van der Waals surface area contributed by atoms with Crippen molar-refractivity contribution in [1.82, 2.24) is 10.3 Å². The number of aromatic amines is 1. The summed E-state index contributed by atoms with van der Waals surface area (Å²) in [7, 11) is 0. The number of rotatable bonds is 2. The van der Waals surface area contributed by atoms with Crippen molar-refractivity contribution in [3.63, 3.8) is 0 Å². The Hall–Kier alpha value is -2.31. The fraction of sp³-hybridized carbons (Fsp3) is 0.412. The van der Waals surface area contributed by atoms with Crippen LogP contribution < -0.4 is 10.9 Å². The van der Waals surface area contributed by atoms with Crippen LogP contribution >= 0.6 is 0 Å². The highest BCUT2D eigenvalue weighted by Crippen LogP contribution is 2.37. The quantitative estimate of drug-likeness (QED) is 0.882. The zero-order valence-electron chi connectivity index (χ0n) is 12.8. The number of fused-ring (bicyclic) bond motifs is 1. The standard InChI is InChI=1S/C17H17F3N2O2/c18-17(19,20)10-4-3-5-11(8-10)21-16(24)13-9-15(23)22-14-7-2-1-6-12(13)14/h1-2,6-7,9-11H,3-5,8H2,(H,21,24)(H,22,23)/t10-,11+/m0/s1. The summed E-state index contributed by atoms with van der Waals surface area (Å²) in [5, 5.41) is 3.23. The number of halogens is 3. The highest BCUT2D eigenvalue weighted by atomic mass is 19.4. The highest BCUT2D eigenvalue weighted by Gasteiger charge is 2.42. The van der Waals surface area contributed by atoms with E-state index in [0.29, 0.717) is 23.7 Å². The lowest BCUT2D eigenvalue weighted by molar-refractivity contribution is -0.183. The minimum Gasteiger partial charge on any atom is -0.349 e. The van der Waals surface area contributed by atoms with Crippen LogP contribution in [0.1, 0.15) is 36.0 Å². The largest absolute Gasteiger partial charge is 0.391 e. The molecule has 0 unspecified atom stereocenters. The van der Waals surface area contributed by atoms with E-state index in [1.165, 1.54) is 6.07 Å². The molecule has 0 radical (unpaired) electrons. The molecule has 4 nitrogen and oxygen atoms in total. The minimum atomic E-state index is -4.24. The summed E-state index contributed by atoms with van der Waals surface area (Å²) in [5.74, 6) is -1.89. The third-order valence-corrected chi connectivity index (χ3v) is 4.47. The molecule has 0 aliphatic heterocycles. The molecule has 3 rings (SSSR count). The molecule has 1 amide bonds. The Bertz CT molecular complexity index is 813. The van der Waals surface area contributed by atoms with Crippen molar-refractivity contribution in [3.8, 4) is 0 Å². The molecule has 128 valence electrons. The van der Waals surface area contributed by atoms with Crippen molar-refractivity contribution in [2.45, 2.75) is 37.9 Å². The van der Waals surface area contributed by atoms with Crippen molar-refractivity contribution in [3.05, 3.63) is 46.2 Å². The van der Waals surface area contributed by atoms with Crippen LogP contribution in [0.25, 0.3) is 10.9 Å². The van der Waals surface area contributed by atoms with E-state index < -0.39 is 29.6 Å². The van der Waals surface area contributed by atoms with E-state index in [9.17, 15) is 22.8 Å². The highest BCUT2D eigenvalue weighted by molar-refractivity contribution is 6.06. The van der Waals surface area contributed by atoms with Crippen molar-refractivity contribution < 1.29 is 18.0 Å². The number of pyridine rings is 1. The van der Waals surface area contributed by atoms with Crippen molar-refractivity contribution in [2.24, 2.45) is 5.92 Å². The Kier molecular flexibility index (Phi) is 4.34. The summed E-state index contributed by atoms with van der Waals surface area (Å²) in [5.41, 5.74) is 0.283. The molecular formula is C17H17F3N2O2. The number of carbonyl (C=O) groups excluding carboxylic acids is 1. The van der Waals surface area contributed by atoms with Gasteiger partial charge in [-0.25, -0.2) is 0 Å². The number of alkyl halides is 3. The monoisotopic (exact) mass is 338 g/mol. The average molecular weight is 338 g/mol. The van der Waals surface area contributed by atoms with Gasteiger partial charge in [-0.1, -0.05) is 24.6 Å². The number of carbonyl (C=O) groups is 1. The number of aromatic nitrogens is 1. The van der Waals surface area contributed by atoms with E-state index in [1.54, 1.807) is 24.3 Å². The van der Waals surface area contributed by atoms with Gasteiger partial charge in [0.2, 0.25) is 5.56 Å². The molecule has 0 bridgehead atoms. The van der Waals surface area contributed by atoms with E-state index in [1.807, 2.05) is 0 Å². The predicted octanol–water partition coefficient (Wildman–Crippen LogP) is 3.38. The van der Waals surface area contributed by atoms with E-state index in [0.717, 1.165) is 0 Å². The fourth-order valence-electron chi connectivity index (χ4n) is 3.27. The van der Waals surface area contributed by atoms with E-state index in [4.69, 9.17) is 0 Å². The Morgan fingerprint density at radius 1 is 1.21 bits per heavy atom. The van der Waals surface area contributed by atoms with Gasteiger partial charge in [0.05, 0.1) is 11.5 Å². The third kappa shape index (κ3) is 3.44. The second-order valence-corrected chi connectivity index (χ2v) is 6.17. The molecule has 2 aromatic rings. The molecule has 1 fully saturated rings. The molecule has 2 atom stereocenters. The van der Waals surface area contributed by atoms with Gasteiger partial charge in [0.25, 0.3) is 5.91 Å². The maximum Gasteiger partial charge on any atom is 0.391 e. The average Bonchev–Trinajstić information content (AvgIpc) is 2.53. The lowest BCUT2D eigenvalue weighted by Gasteiger charge is -2.31. The maximum atomic E-state index is 12.9. The number of benzene rings is 1. The first kappa shape index (κ1) is 16.5. The van der Waals surface area contributed by atoms with Gasteiger partial charge in [0.15, 0.2) is 0 Å². The van der Waals surface area contributed by atoms with Crippen LogP contribution in [0.4, 0.5) is 13.2 Å². The first-order valence-corrected chi connectivity index (χ1v) is 7.84. The fourth-order valence-corrected chi connectivity index (χ4v) is 3.27. The van der Waals surface area contributed by atoms with E-state index >= 15 is 0 Å². The number of hydrogen-bond acceptors (Lipinski definition) is 2. The molecule has 1 aliphatic rings. The van der Waals surface area contributed by atoms with Crippen molar-refractivity contribution in [1.29, 1.82) is 0 Å². The summed E-state index contributed by atoms with van der Waals surface area (Å²) in [6, 6.07) is 7.48. The van der Waals surface area contributed by atoms with Gasteiger partial charge in [0, 0.05) is 23.0 Å². The normalized spacial score (nSPS) is 21.6. The van der Waals surface area contributed by atoms with Crippen molar-refractivity contribution >= 4 is 16.8 Å². The molecule has 7 heteroatoms. The predicted molar refractivity (Wildman–Crippen MR) is 83.8 cm³/mol. The zero-order valence-corrected chi connectivity index (χ0v) is 12.8. The summed E-state index contributed by atoms with van der Waals surface area (Å²) >= 11 is 0. The molecule has 0 spiro atoms. The smallest absolute Gasteiger partial charge is 0.349 e. The molecule has 0 saturated heterocycles. The first-order valence-electron chi connectivity index (χ1n) is 7.84. The van der Waals surface area contributed by atoms with Gasteiger partial charge < -0.3 is 10.3 Å². The summed E-state index contributed by atoms with van der Waals surface area (Å²) < 4.78 is 38.6. The van der Waals surface area contributed by atoms with Gasteiger partial charge in [0.1, 0.15) is 0 Å². The lowest BCUT2D eigenvalue weighted by Crippen LogP contribution is -2.41. The molecule has 1 aromatic carbocycles. The van der Waals surface area contributed by atoms with Crippen LogP contribution in [0.2, 0.25) is 0 Å². The molecule has 1 saturated carbocycles. The number of hydrogen-bond donors (Lipinski definition) is 2. The molecule has 24 heavy (non-hydrogen) atoms. The molecular weight excluding hydrogens is 321 g/mol. The molecule has 1 aromatic heterocycles. The first-order chi connectivity index (χ1) is 11.3. The zero-order chi connectivity index (χ0) is 17.3. The molecule has 1 heterocycles. The number of nitrogens with one attached hydrogen (secondary N) is 2.